The van der Waals surface area contributed by atoms with Crippen LogP contribution in [0.25, 0.3) is 0 Å². The first-order chi connectivity index (χ1) is 13.0. The van der Waals surface area contributed by atoms with Crippen molar-refractivity contribution >= 4 is 27.3 Å². The number of piperazine rings is 1. The number of benzene rings is 1. The van der Waals surface area contributed by atoms with E-state index in [0.717, 1.165) is 6.42 Å². The number of nitrogens with one attached hydrogen (secondary N) is 1. The quantitative estimate of drug-likeness (QED) is 0.779. The van der Waals surface area contributed by atoms with Crippen LogP contribution in [-0.2, 0) is 10.0 Å². The molecule has 1 aliphatic rings. The minimum Gasteiger partial charge on any atom is -0.366 e. The summed E-state index contributed by atoms with van der Waals surface area (Å²) in [6.45, 7) is 4.66. The minimum atomic E-state index is -3.38. The molecule has 0 radical (unpaired) electrons. The first-order valence-corrected chi connectivity index (χ1v) is 10.7. The van der Waals surface area contributed by atoms with Crippen LogP contribution in [0.1, 0.15) is 19.8 Å². The number of rotatable bonds is 7. The van der Waals surface area contributed by atoms with Gasteiger partial charge >= 0.3 is 0 Å². The molecule has 146 valence electrons. The number of aromatic nitrogens is 2. The Morgan fingerprint density at radius 1 is 1.04 bits per heavy atom. The summed E-state index contributed by atoms with van der Waals surface area (Å²) < 4.78 is 40.2. The minimum absolute atomic E-state index is 0.0743. The molecule has 1 aromatic carbocycles. The summed E-state index contributed by atoms with van der Waals surface area (Å²) in [4.78, 5) is 4.06. The summed E-state index contributed by atoms with van der Waals surface area (Å²) in [5.41, 5.74) is 0.611. The Morgan fingerprint density at radius 2 is 1.74 bits per heavy atom. The third kappa shape index (κ3) is 5.06. The zero-order valence-electron chi connectivity index (χ0n) is 15.3. The second-order valence-corrected chi connectivity index (χ2v) is 8.32. The normalized spacial score (nSPS) is 15.0. The Bertz CT molecular complexity index is 852. The molecule has 0 spiro atoms. The zero-order valence-corrected chi connectivity index (χ0v) is 16.1. The highest BCUT2D eigenvalue weighted by molar-refractivity contribution is 7.92. The number of hydrogen-bond acceptors (Lipinski definition) is 6. The van der Waals surface area contributed by atoms with E-state index in [1.54, 1.807) is 24.3 Å². The highest BCUT2D eigenvalue weighted by atomic mass is 32.2. The molecule has 1 N–H and O–H groups in total. The van der Waals surface area contributed by atoms with Crippen molar-refractivity contribution in [3.8, 4) is 0 Å². The fourth-order valence-electron chi connectivity index (χ4n) is 2.98. The van der Waals surface area contributed by atoms with E-state index in [2.05, 4.69) is 19.8 Å². The Morgan fingerprint density at radius 3 is 2.37 bits per heavy atom. The van der Waals surface area contributed by atoms with Crippen molar-refractivity contribution in [2.75, 3.05) is 46.5 Å². The predicted molar refractivity (Wildman–Crippen MR) is 105 cm³/mol. The van der Waals surface area contributed by atoms with Gasteiger partial charge in [-0.25, -0.2) is 12.8 Å². The van der Waals surface area contributed by atoms with Crippen LogP contribution < -0.4 is 14.5 Å². The molecule has 2 aromatic rings. The third-order valence-electron chi connectivity index (χ3n) is 4.47. The predicted octanol–water partition coefficient (Wildman–Crippen LogP) is 2.48. The van der Waals surface area contributed by atoms with Crippen molar-refractivity contribution in [1.29, 1.82) is 0 Å². The van der Waals surface area contributed by atoms with Gasteiger partial charge in [0.05, 0.1) is 11.4 Å². The van der Waals surface area contributed by atoms with Crippen molar-refractivity contribution in [3.05, 3.63) is 42.2 Å². The van der Waals surface area contributed by atoms with Gasteiger partial charge in [0.2, 0.25) is 10.0 Å². The average molecular weight is 393 g/mol. The van der Waals surface area contributed by atoms with Crippen LogP contribution >= 0.6 is 0 Å². The van der Waals surface area contributed by atoms with Crippen molar-refractivity contribution in [2.45, 2.75) is 19.8 Å². The zero-order chi connectivity index (χ0) is 19.3. The molecule has 1 aliphatic heterocycles. The number of anilines is 3. The fourth-order valence-corrected chi connectivity index (χ4v) is 4.18. The highest BCUT2D eigenvalue weighted by Crippen LogP contribution is 2.22. The van der Waals surface area contributed by atoms with Gasteiger partial charge in [-0.15, -0.1) is 10.2 Å². The molecule has 1 aromatic heterocycles. The molecule has 3 rings (SSSR count). The van der Waals surface area contributed by atoms with Gasteiger partial charge in [-0.3, -0.25) is 4.72 Å². The molecule has 7 nitrogen and oxygen atoms in total. The van der Waals surface area contributed by atoms with Gasteiger partial charge in [-0.1, -0.05) is 25.5 Å². The molecule has 1 saturated heterocycles. The molecule has 1 fully saturated rings. The van der Waals surface area contributed by atoms with E-state index in [-0.39, 0.29) is 17.4 Å². The molecule has 0 bridgehead atoms. The number of sulfonamides is 1. The standard InChI is InChI=1S/C18H24FN5O2S/c1-2-3-14-27(25,26)22-17-8-9-18(21-20-17)24-12-10-23(11-13-24)16-7-5-4-6-15(16)19/h4-9H,2-3,10-14H2,1H3,(H,20,22). The Labute approximate surface area is 159 Å². The smallest absolute Gasteiger partial charge is 0.233 e. The number of hydrogen-bond donors (Lipinski definition) is 1. The number of nitrogens with zero attached hydrogens (tertiary/aromatic N) is 4. The summed E-state index contributed by atoms with van der Waals surface area (Å²) in [6, 6.07) is 10.1. The van der Waals surface area contributed by atoms with Crippen molar-refractivity contribution in [3.63, 3.8) is 0 Å². The van der Waals surface area contributed by atoms with Gasteiger partial charge in [0.25, 0.3) is 0 Å². The van der Waals surface area contributed by atoms with Gasteiger partial charge in [0.15, 0.2) is 11.6 Å². The number of halogens is 1. The molecule has 0 amide bonds. The van der Waals surface area contributed by atoms with Crippen molar-refractivity contribution in [1.82, 2.24) is 10.2 Å². The Hall–Kier alpha value is -2.42. The van der Waals surface area contributed by atoms with E-state index in [0.29, 0.717) is 44.1 Å². The lowest BCUT2D eigenvalue weighted by atomic mass is 10.2. The van der Waals surface area contributed by atoms with E-state index in [4.69, 9.17) is 0 Å². The molecular formula is C18H24FN5O2S. The number of para-hydroxylation sites is 1. The molecule has 0 atom stereocenters. The summed E-state index contributed by atoms with van der Waals surface area (Å²) >= 11 is 0. The number of unbranched alkanes of at least 4 members (excludes halogenated alkanes) is 1. The summed E-state index contributed by atoms with van der Waals surface area (Å²) in [5.74, 6) is 0.760. The van der Waals surface area contributed by atoms with Crippen LogP contribution in [0.2, 0.25) is 0 Å². The Kier molecular flexibility index (Phi) is 6.10. The lowest BCUT2D eigenvalue weighted by molar-refractivity contribution is 0.594. The Balaban J connectivity index is 1.58. The van der Waals surface area contributed by atoms with Gasteiger partial charge in [-0.2, -0.15) is 0 Å². The average Bonchev–Trinajstić information content (AvgIpc) is 2.67. The molecule has 0 aliphatic carbocycles. The van der Waals surface area contributed by atoms with Crippen molar-refractivity contribution in [2.24, 2.45) is 0 Å². The van der Waals surface area contributed by atoms with Crippen LogP contribution in [0.15, 0.2) is 36.4 Å². The maximum Gasteiger partial charge on any atom is 0.233 e. The fraction of sp³-hybridized carbons (Fsp3) is 0.444. The first kappa shape index (κ1) is 19.3. The van der Waals surface area contributed by atoms with E-state index >= 15 is 0 Å². The van der Waals surface area contributed by atoms with Crippen LogP contribution in [0.3, 0.4) is 0 Å². The summed E-state index contributed by atoms with van der Waals surface area (Å²) in [7, 11) is -3.38. The molecule has 27 heavy (non-hydrogen) atoms. The van der Waals surface area contributed by atoms with E-state index in [1.165, 1.54) is 6.07 Å². The molecule has 9 heteroatoms. The summed E-state index contributed by atoms with van der Waals surface area (Å²) in [6.07, 6.45) is 1.41. The van der Waals surface area contributed by atoms with Gasteiger partial charge in [-0.05, 0) is 30.7 Å². The lowest BCUT2D eigenvalue weighted by Gasteiger charge is -2.36. The van der Waals surface area contributed by atoms with Crippen LogP contribution in [-0.4, -0.2) is 50.5 Å². The van der Waals surface area contributed by atoms with E-state index in [1.807, 2.05) is 17.9 Å². The van der Waals surface area contributed by atoms with Gasteiger partial charge < -0.3 is 9.80 Å². The van der Waals surface area contributed by atoms with E-state index < -0.39 is 10.0 Å². The molecule has 0 saturated carbocycles. The van der Waals surface area contributed by atoms with E-state index in [9.17, 15) is 12.8 Å². The van der Waals surface area contributed by atoms with Crippen molar-refractivity contribution < 1.29 is 12.8 Å². The second-order valence-electron chi connectivity index (χ2n) is 6.48. The highest BCUT2D eigenvalue weighted by Gasteiger charge is 2.20. The first-order valence-electron chi connectivity index (χ1n) is 9.07. The molecule has 0 unspecified atom stereocenters. The maximum absolute atomic E-state index is 13.9. The SMILES string of the molecule is CCCCS(=O)(=O)Nc1ccc(N2CCN(c3ccccc3F)CC2)nn1. The maximum atomic E-state index is 13.9. The van der Waals surface area contributed by atoms with Crippen LogP contribution in [0, 0.1) is 5.82 Å². The monoisotopic (exact) mass is 393 g/mol. The van der Waals surface area contributed by atoms with Crippen LogP contribution in [0.4, 0.5) is 21.7 Å². The topological polar surface area (TPSA) is 78.4 Å². The summed E-state index contributed by atoms with van der Waals surface area (Å²) in [5, 5.41) is 8.12. The lowest BCUT2D eigenvalue weighted by Crippen LogP contribution is -2.47. The third-order valence-corrected chi connectivity index (χ3v) is 5.82. The van der Waals surface area contributed by atoms with Crippen LogP contribution in [0.5, 0.6) is 0 Å². The largest absolute Gasteiger partial charge is 0.366 e. The second kappa shape index (κ2) is 8.51. The van der Waals surface area contributed by atoms with Gasteiger partial charge in [0.1, 0.15) is 5.82 Å². The molecule has 2 heterocycles. The van der Waals surface area contributed by atoms with Gasteiger partial charge in [0, 0.05) is 26.2 Å². The molecular weight excluding hydrogens is 369 g/mol.